The van der Waals surface area contributed by atoms with Gasteiger partial charge in [-0.2, -0.15) is 5.26 Å². The first-order chi connectivity index (χ1) is 6.31. The third-order valence-electron chi connectivity index (χ3n) is 1.08. The summed E-state index contributed by atoms with van der Waals surface area (Å²) in [6.07, 6.45) is -1.11. The lowest BCUT2D eigenvalue weighted by atomic mass is 10.7. The molecule has 0 spiro atoms. The van der Waals surface area contributed by atoms with E-state index in [1.807, 2.05) is 0 Å². The lowest BCUT2D eigenvalue weighted by molar-refractivity contribution is -0.200. The summed E-state index contributed by atoms with van der Waals surface area (Å²) in [5, 5.41) is 7.78. The van der Waals surface area contributed by atoms with E-state index in [9.17, 15) is 4.79 Å². The van der Waals surface area contributed by atoms with E-state index < -0.39 is 6.16 Å². The normalized spacial score (nSPS) is 9.69. The minimum absolute atomic E-state index is 0.110. The molecule has 0 aromatic rings. The number of carbonyl (C=O) groups is 1. The third-order valence-corrected chi connectivity index (χ3v) is 1.08. The van der Waals surface area contributed by atoms with Crippen molar-refractivity contribution in [2.75, 3.05) is 33.4 Å². The number of hydrogen-bond acceptors (Lipinski definition) is 7. The van der Waals surface area contributed by atoms with Crippen LogP contribution in [0, 0.1) is 0 Å². The number of ether oxygens (including phenoxy) is 2. The zero-order valence-corrected chi connectivity index (χ0v) is 7.41. The number of methoxy groups -OCH3 is 1. The Kier molecular flexibility index (Phi) is 8.57. The van der Waals surface area contributed by atoms with Crippen molar-refractivity contribution in [3.8, 4) is 0 Å². The van der Waals surface area contributed by atoms with Crippen molar-refractivity contribution >= 4 is 6.16 Å². The molecule has 0 heterocycles. The number of hydrazine groups is 1. The highest BCUT2D eigenvalue weighted by Crippen LogP contribution is 1.78. The van der Waals surface area contributed by atoms with Crippen LogP contribution in [0.5, 0.6) is 0 Å². The summed E-state index contributed by atoms with van der Waals surface area (Å²) in [7, 11) is 1.60. The van der Waals surface area contributed by atoms with Crippen molar-refractivity contribution in [2.24, 2.45) is 0 Å². The maximum absolute atomic E-state index is 10.2. The van der Waals surface area contributed by atoms with Crippen LogP contribution in [0.15, 0.2) is 0 Å². The molecule has 0 aromatic carbocycles. The monoisotopic (exact) mass is 194 g/mol. The molecule has 3 N–H and O–H groups in total. The average Bonchev–Trinajstić information content (AvgIpc) is 2.16. The molecule has 0 atom stereocenters. The van der Waals surface area contributed by atoms with Crippen LogP contribution < -0.4 is 10.9 Å². The Balaban J connectivity index is 2.95. The van der Waals surface area contributed by atoms with Gasteiger partial charge >= 0.3 is 6.16 Å². The smallest absolute Gasteiger partial charge is 0.431 e. The topological polar surface area (TPSA) is 89.0 Å². The molecule has 0 rings (SSSR count). The molecule has 0 aromatic heterocycles. The fraction of sp³-hybridized carbons (Fsp3) is 0.833. The van der Waals surface area contributed by atoms with Gasteiger partial charge < -0.3 is 9.47 Å². The molecule has 0 aliphatic rings. The van der Waals surface area contributed by atoms with E-state index in [4.69, 9.17) is 9.99 Å². The lowest BCUT2D eigenvalue weighted by Crippen LogP contribution is -2.36. The van der Waals surface area contributed by atoms with Crippen molar-refractivity contribution in [1.82, 2.24) is 10.9 Å². The van der Waals surface area contributed by atoms with Crippen LogP contribution in [0.3, 0.4) is 0 Å². The first kappa shape index (κ1) is 12.1. The maximum Gasteiger partial charge on any atom is 0.540 e. The molecule has 0 aliphatic carbocycles. The van der Waals surface area contributed by atoms with Crippen molar-refractivity contribution in [1.29, 1.82) is 0 Å². The van der Waals surface area contributed by atoms with E-state index in [0.717, 1.165) is 0 Å². The van der Waals surface area contributed by atoms with Gasteiger partial charge in [0, 0.05) is 20.2 Å². The third kappa shape index (κ3) is 9.02. The van der Waals surface area contributed by atoms with E-state index in [2.05, 4.69) is 20.5 Å². The standard InChI is InChI=1S/C6H14N2O5/c1-11-4-2-7-8-3-5-12-6(9)13-10/h7-8,10H,2-5H2,1H3. The Labute approximate surface area is 75.9 Å². The van der Waals surface area contributed by atoms with Crippen LogP contribution in [-0.4, -0.2) is 44.8 Å². The van der Waals surface area contributed by atoms with Crippen LogP contribution in [-0.2, 0) is 14.4 Å². The number of nitrogens with one attached hydrogen (secondary N) is 2. The summed E-state index contributed by atoms with van der Waals surface area (Å²) in [5.41, 5.74) is 5.56. The second-order valence-corrected chi connectivity index (χ2v) is 2.04. The lowest BCUT2D eigenvalue weighted by Gasteiger charge is -2.05. The highest BCUT2D eigenvalue weighted by atomic mass is 17.1. The first-order valence-electron chi connectivity index (χ1n) is 3.74. The van der Waals surface area contributed by atoms with Gasteiger partial charge in [-0.1, -0.05) is 0 Å². The maximum atomic E-state index is 10.2. The van der Waals surface area contributed by atoms with Gasteiger partial charge in [0.1, 0.15) is 6.61 Å². The molecule has 0 saturated heterocycles. The minimum atomic E-state index is -1.11. The van der Waals surface area contributed by atoms with E-state index in [1.54, 1.807) is 7.11 Å². The highest BCUT2D eigenvalue weighted by molar-refractivity contribution is 5.58. The molecule has 0 bridgehead atoms. The van der Waals surface area contributed by atoms with Gasteiger partial charge in [-0.25, -0.2) is 4.79 Å². The van der Waals surface area contributed by atoms with Gasteiger partial charge in [0.05, 0.1) is 6.61 Å². The Morgan fingerprint density at radius 2 is 1.92 bits per heavy atom. The molecular weight excluding hydrogens is 180 g/mol. The highest BCUT2D eigenvalue weighted by Gasteiger charge is 1.99. The predicted molar refractivity (Wildman–Crippen MR) is 42.9 cm³/mol. The molecule has 7 heteroatoms. The minimum Gasteiger partial charge on any atom is -0.431 e. The van der Waals surface area contributed by atoms with Gasteiger partial charge in [-0.3, -0.25) is 15.7 Å². The number of rotatable bonds is 7. The van der Waals surface area contributed by atoms with Gasteiger partial charge in [-0.05, 0) is 0 Å². The van der Waals surface area contributed by atoms with Gasteiger partial charge in [0.25, 0.3) is 0 Å². The summed E-state index contributed by atoms with van der Waals surface area (Å²) < 4.78 is 9.12. The summed E-state index contributed by atoms with van der Waals surface area (Å²) in [6.45, 7) is 1.77. The van der Waals surface area contributed by atoms with Gasteiger partial charge in [0.2, 0.25) is 0 Å². The van der Waals surface area contributed by atoms with E-state index >= 15 is 0 Å². The van der Waals surface area contributed by atoms with Crippen molar-refractivity contribution in [3.05, 3.63) is 0 Å². The summed E-state index contributed by atoms with van der Waals surface area (Å²) in [5.74, 6) is 0. The Morgan fingerprint density at radius 3 is 2.46 bits per heavy atom. The fourth-order valence-corrected chi connectivity index (χ4v) is 0.542. The van der Waals surface area contributed by atoms with E-state index in [1.165, 1.54) is 0 Å². The molecule has 0 unspecified atom stereocenters. The summed E-state index contributed by atoms with van der Waals surface area (Å²) in [6, 6.07) is 0. The Hall–Kier alpha value is -0.890. The Morgan fingerprint density at radius 1 is 1.31 bits per heavy atom. The van der Waals surface area contributed by atoms with Gasteiger partial charge in [-0.15, -0.1) is 0 Å². The largest absolute Gasteiger partial charge is 0.540 e. The second-order valence-electron chi connectivity index (χ2n) is 2.04. The van der Waals surface area contributed by atoms with E-state index in [0.29, 0.717) is 19.7 Å². The molecule has 0 fully saturated rings. The molecule has 0 aliphatic heterocycles. The van der Waals surface area contributed by atoms with Crippen LogP contribution in [0.25, 0.3) is 0 Å². The van der Waals surface area contributed by atoms with Crippen molar-refractivity contribution in [3.63, 3.8) is 0 Å². The molecule has 78 valence electrons. The van der Waals surface area contributed by atoms with Crippen LogP contribution in [0.1, 0.15) is 0 Å². The number of hydrogen-bond donors (Lipinski definition) is 3. The van der Waals surface area contributed by atoms with Crippen molar-refractivity contribution < 1.29 is 24.4 Å². The van der Waals surface area contributed by atoms with Crippen LogP contribution in [0.4, 0.5) is 4.79 Å². The summed E-state index contributed by atoms with van der Waals surface area (Å²) >= 11 is 0. The quantitative estimate of drug-likeness (QED) is 0.215. The average molecular weight is 194 g/mol. The molecule has 13 heavy (non-hydrogen) atoms. The predicted octanol–water partition coefficient (Wildman–Crippen LogP) is -0.647. The van der Waals surface area contributed by atoms with Crippen LogP contribution in [0.2, 0.25) is 0 Å². The SMILES string of the molecule is COCCNNCCOC(=O)OO. The summed E-state index contributed by atoms with van der Waals surface area (Å²) in [4.78, 5) is 13.5. The van der Waals surface area contributed by atoms with Gasteiger partial charge in [0.15, 0.2) is 0 Å². The number of carbonyl (C=O) groups excluding carboxylic acids is 1. The molecule has 0 amide bonds. The zero-order chi connectivity index (χ0) is 9.94. The Bertz CT molecular complexity index is 132. The molecule has 0 radical (unpaired) electrons. The first-order valence-corrected chi connectivity index (χ1v) is 3.74. The van der Waals surface area contributed by atoms with Crippen molar-refractivity contribution in [2.45, 2.75) is 0 Å². The second kappa shape index (κ2) is 9.20. The molecular formula is C6H14N2O5. The molecule has 0 saturated carbocycles. The zero-order valence-electron chi connectivity index (χ0n) is 7.41. The molecule has 7 nitrogen and oxygen atoms in total. The van der Waals surface area contributed by atoms with Crippen LogP contribution >= 0.6 is 0 Å². The fourth-order valence-electron chi connectivity index (χ4n) is 0.542. The van der Waals surface area contributed by atoms with E-state index in [-0.39, 0.29) is 6.61 Å².